The van der Waals surface area contributed by atoms with Crippen molar-refractivity contribution in [2.75, 3.05) is 29.5 Å². The van der Waals surface area contributed by atoms with Crippen LogP contribution >= 0.6 is 0 Å². The van der Waals surface area contributed by atoms with Crippen LogP contribution in [-0.2, 0) is 11.2 Å². The van der Waals surface area contributed by atoms with Gasteiger partial charge in [-0.05, 0) is 37.5 Å². The number of aryl methyl sites for hydroxylation is 1. The zero-order valence-electron chi connectivity index (χ0n) is 11.4. The van der Waals surface area contributed by atoms with E-state index >= 15 is 0 Å². The van der Waals surface area contributed by atoms with E-state index in [1.165, 1.54) is 0 Å². The van der Waals surface area contributed by atoms with E-state index in [0.717, 1.165) is 23.4 Å². The summed E-state index contributed by atoms with van der Waals surface area (Å²) in [6.07, 6.45) is 1.60. The monoisotopic (exact) mass is 263 g/mol. The molecule has 0 fully saturated rings. The highest BCUT2D eigenvalue weighted by Gasteiger charge is 2.18. The molecule has 4 N–H and O–H groups in total. The van der Waals surface area contributed by atoms with Gasteiger partial charge in [-0.2, -0.15) is 0 Å². The number of fused-ring (bicyclic) bond motifs is 1. The van der Waals surface area contributed by atoms with Crippen molar-refractivity contribution < 1.29 is 9.90 Å². The van der Waals surface area contributed by atoms with E-state index in [1.54, 1.807) is 6.92 Å². The molecular weight excluding hydrogens is 242 g/mol. The number of carbonyl (C=O) groups is 1. The Bertz CT molecular complexity index is 486. The van der Waals surface area contributed by atoms with E-state index in [1.807, 2.05) is 24.1 Å². The van der Waals surface area contributed by atoms with E-state index in [-0.39, 0.29) is 12.0 Å². The van der Waals surface area contributed by atoms with Crippen molar-refractivity contribution in [3.05, 3.63) is 17.7 Å². The molecule has 0 saturated carbocycles. The lowest BCUT2D eigenvalue weighted by molar-refractivity contribution is -0.116. The standard InChI is InChI=1S/C14H21N3O2/c1-9(18)5-6-17(2)13-8-12-10(7-11(13)15)3-4-14(19)16-12/h7-9,18H,3-6,15H2,1-2H3,(H,16,19). The lowest BCUT2D eigenvalue weighted by atomic mass is 10.0. The maximum absolute atomic E-state index is 11.4. The molecule has 5 heteroatoms. The quantitative estimate of drug-likeness (QED) is 0.717. The maximum Gasteiger partial charge on any atom is 0.224 e. The average Bonchev–Trinajstić information content (AvgIpc) is 2.35. The van der Waals surface area contributed by atoms with Crippen molar-refractivity contribution in [1.82, 2.24) is 0 Å². The first-order valence-corrected chi connectivity index (χ1v) is 6.59. The van der Waals surface area contributed by atoms with Crippen LogP contribution in [0.4, 0.5) is 17.1 Å². The SMILES string of the molecule is CC(O)CCN(C)c1cc2c(cc1N)CCC(=O)N2. The number of aliphatic hydroxyl groups is 1. The van der Waals surface area contributed by atoms with Gasteiger partial charge in [-0.15, -0.1) is 0 Å². The van der Waals surface area contributed by atoms with Gasteiger partial charge in [-0.25, -0.2) is 0 Å². The maximum atomic E-state index is 11.4. The normalized spacial score (nSPS) is 15.6. The summed E-state index contributed by atoms with van der Waals surface area (Å²) < 4.78 is 0. The number of carbonyl (C=O) groups excluding carboxylic acids is 1. The number of aliphatic hydroxyl groups excluding tert-OH is 1. The predicted octanol–water partition coefficient (Wildman–Crippen LogP) is 1.36. The van der Waals surface area contributed by atoms with E-state index in [2.05, 4.69) is 5.32 Å². The number of anilines is 3. The lowest BCUT2D eigenvalue weighted by Crippen LogP contribution is -2.24. The van der Waals surface area contributed by atoms with Crippen molar-refractivity contribution in [3.8, 4) is 0 Å². The number of nitrogen functional groups attached to an aromatic ring is 1. The summed E-state index contributed by atoms with van der Waals surface area (Å²) in [5, 5.41) is 12.2. The molecule has 0 bridgehead atoms. The molecule has 1 atom stereocenters. The smallest absolute Gasteiger partial charge is 0.224 e. The Hall–Kier alpha value is -1.75. The van der Waals surface area contributed by atoms with Gasteiger partial charge in [0.25, 0.3) is 0 Å². The number of amides is 1. The van der Waals surface area contributed by atoms with Gasteiger partial charge in [-0.3, -0.25) is 4.79 Å². The van der Waals surface area contributed by atoms with Crippen molar-refractivity contribution >= 4 is 23.0 Å². The molecule has 1 amide bonds. The van der Waals surface area contributed by atoms with Crippen LogP contribution in [0.2, 0.25) is 0 Å². The second-order valence-electron chi connectivity index (χ2n) is 5.18. The third kappa shape index (κ3) is 3.17. The zero-order chi connectivity index (χ0) is 14.0. The van der Waals surface area contributed by atoms with Crippen molar-refractivity contribution in [2.24, 2.45) is 0 Å². The molecule has 1 aliphatic heterocycles. The van der Waals surface area contributed by atoms with Crippen LogP contribution in [0.25, 0.3) is 0 Å². The largest absolute Gasteiger partial charge is 0.397 e. The minimum Gasteiger partial charge on any atom is -0.397 e. The topological polar surface area (TPSA) is 78.6 Å². The third-order valence-corrected chi connectivity index (χ3v) is 3.44. The van der Waals surface area contributed by atoms with Gasteiger partial charge in [0.05, 0.1) is 17.5 Å². The van der Waals surface area contributed by atoms with Crippen LogP contribution in [0.5, 0.6) is 0 Å². The summed E-state index contributed by atoms with van der Waals surface area (Å²) in [6.45, 7) is 2.48. The first kappa shape index (κ1) is 13.7. The fourth-order valence-electron chi connectivity index (χ4n) is 2.27. The number of nitrogens with one attached hydrogen (secondary N) is 1. The summed E-state index contributed by atoms with van der Waals surface area (Å²) >= 11 is 0. The molecule has 0 radical (unpaired) electrons. The van der Waals surface area contributed by atoms with Crippen LogP contribution in [0.3, 0.4) is 0 Å². The fraction of sp³-hybridized carbons (Fsp3) is 0.500. The number of nitrogens with two attached hydrogens (primary N) is 1. The van der Waals surface area contributed by atoms with Gasteiger partial charge in [0.15, 0.2) is 0 Å². The van der Waals surface area contributed by atoms with E-state index in [9.17, 15) is 9.90 Å². The van der Waals surface area contributed by atoms with E-state index in [0.29, 0.717) is 25.1 Å². The summed E-state index contributed by atoms with van der Waals surface area (Å²) in [7, 11) is 1.94. The molecule has 0 aromatic heterocycles. The molecule has 0 spiro atoms. The number of nitrogens with zero attached hydrogens (tertiary/aromatic N) is 1. The highest BCUT2D eigenvalue weighted by atomic mass is 16.3. The van der Waals surface area contributed by atoms with Crippen molar-refractivity contribution in [1.29, 1.82) is 0 Å². The van der Waals surface area contributed by atoms with Gasteiger partial charge < -0.3 is 21.1 Å². The molecule has 0 saturated heterocycles. The first-order chi connectivity index (χ1) is 8.97. The predicted molar refractivity (Wildman–Crippen MR) is 77.4 cm³/mol. The Kier molecular flexibility index (Phi) is 3.95. The van der Waals surface area contributed by atoms with E-state index in [4.69, 9.17) is 5.73 Å². The number of rotatable bonds is 4. The minimum absolute atomic E-state index is 0.0508. The molecule has 1 aromatic carbocycles. The van der Waals surface area contributed by atoms with Gasteiger partial charge in [0, 0.05) is 25.7 Å². The van der Waals surface area contributed by atoms with E-state index < -0.39 is 0 Å². The Morgan fingerprint density at radius 3 is 2.89 bits per heavy atom. The van der Waals surface area contributed by atoms with Crippen LogP contribution < -0.4 is 16.0 Å². The van der Waals surface area contributed by atoms with Gasteiger partial charge in [-0.1, -0.05) is 0 Å². The average molecular weight is 263 g/mol. The number of benzene rings is 1. The molecule has 5 nitrogen and oxygen atoms in total. The fourth-order valence-corrected chi connectivity index (χ4v) is 2.27. The van der Waals surface area contributed by atoms with Crippen LogP contribution in [0, 0.1) is 0 Å². The molecule has 104 valence electrons. The third-order valence-electron chi connectivity index (χ3n) is 3.44. The lowest BCUT2D eigenvalue weighted by Gasteiger charge is -2.25. The Labute approximate surface area is 113 Å². The molecule has 0 aliphatic carbocycles. The number of hydrogen-bond acceptors (Lipinski definition) is 4. The Balaban J connectivity index is 2.21. The van der Waals surface area contributed by atoms with Gasteiger partial charge in [0.1, 0.15) is 0 Å². The van der Waals surface area contributed by atoms with Crippen LogP contribution in [-0.4, -0.2) is 30.7 Å². The molecular formula is C14H21N3O2. The summed E-state index contributed by atoms with van der Waals surface area (Å²) in [5.41, 5.74) is 9.61. The van der Waals surface area contributed by atoms with Crippen molar-refractivity contribution in [2.45, 2.75) is 32.3 Å². The summed E-state index contributed by atoms with van der Waals surface area (Å²) in [5.74, 6) is 0.0508. The molecule has 1 aliphatic rings. The molecule has 2 rings (SSSR count). The molecule has 1 heterocycles. The Morgan fingerprint density at radius 2 is 2.21 bits per heavy atom. The van der Waals surface area contributed by atoms with Crippen LogP contribution in [0.15, 0.2) is 12.1 Å². The Morgan fingerprint density at radius 1 is 1.47 bits per heavy atom. The second kappa shape index (κ2) is 5.48. The molecule has 19 heavy (non-hydrogen) atoms. The summed E-state index contributed by atoms with van der Waals surface area (Å²) in [6, 6.07) is 3.85. The minimum atomic E-state index is -0.332. The highest BCUT2D eigenvalue weighted by Crippen LogP contribution is 2.32. The second-order valence-corrected chi connectivity index (χ2v) is 5.18. The number of hydrogen-bond donors (Lipinski definition) is 3. The zero-order valence-corrected chi connectivity index (χ0v) is 11.4. The van der Waals surface area contributed by atoms with Gasteiger partial charge >= 0.3 is 0 Å². The molecule has 1 unspecified atom stereocenters. The highest BCUT2D eigenvalue weighted by molar-refractivity contribution is 5.95. The van der Waals surface area contributed by atoms with Crippen LogP contribution in [0.1, 0.15) is 25.3 Å². The first-order valence-electron chi connectivity index (χ1n) is 6.59. The van der Waals surface area contributed by atoms with Crippen molar-refractivity contribution in [3.63, 3.8) is 0 Å². The summed E-state index contributed by atoms with van der Waals surface area (Å²) in [4.78, 5) is 13.4. The molecule has 1 aromatic rings. The van der Waals surface area contributed by atoms with Gasteiger partial charge in [0.2, 0.25) is 5.91 Å².